The van der Waals surface area contributed by atoms with Crippen LogP contribution in [0.2, 0.25) is 0 Å². The molecule has 2 aromatic rings. The van der Waals surface area contributed by atoms with Gasteiger partial charge >= 0.3 is 0 Å². The maximum absolute atomic E-state index is 11.9. The van der Waals surface area contributed by atoms with E-state index < -0.39 is 0 Å². The Bertz CT molecular complexity index is 798. The Balaban J connectivity index is 2.09. The Labute approximate surface area is 120 Å². The topological polar surface area (TPSA) is 118 Å². The quantitative estimate of drug-likeness (QED) is 0.901. The lowest BCUT2D eigenvalue weighted by Gasteiger charge is -2.06. The largest absolute Gasteiger partial charge is 0.325 e. The zero-order valence-electron chi connectivity index (χ0n) is 10.7. The van der Waals surface area contributed by atoms with Crippen molar-refractivity contribution in [1.82, 2.24) is 9.55 Å². The molecule has 1 N–H and O–H groups in total. The van der Waals surface area contributed by atoms with Crippen LogP contribution in [0.4, 0.5) is 5.69 Å². The monoisotopic (exact) mass is 276 g/mol. The normalized spacial score (nSPS) is 9.19. The smallest absolute Gasteiger partial charge is 0.244 e. The van der Waals surface area contributed by atoms with Crippen LogP contribution in [0.25, 0.3) is 0 Å². The third-order valence-electron chi connectivity index (χ3n) is 2.66. The predicted molar refractivity (Wildman–Crippen MR) is 71.4 cm³/mol. The van der Waals surface area contributed by atoms with Gasteiger partial charge in [0, 0.05) is 5.69 Å². The second kappa shape index (κ2) is 6.01. The Hall–Kier alpha value is -3.63. The minimum absolute atomic E-state index is 0.0105. The number of nitriles is 3. The second-order valence-corrected chi connectivity index (χ2v) is 4.03. The van der Waals surface area contributed by atoms with Gasteiger partial charge in [-0.25, -0.2) is 4.98 Å². The highest BCUT2D eigenvalue weighted by Gasteiger charge is 2.12. The number of carbonyl (C=O) groups is 1. The third-order valence-corrected chi connectivity index (χ3v) is 2.66. The summed E-state index contributed by atoms with van der Waals surface area (Å²) < 4.78 is 1.30. The average Bonchev–Trinajstić information content (AvgIpc) is 2.89. The summed E-state index contributed by atoms with van der Waals surface area (Å²) in [5, 5.41) is 29.0. The molecule has 0 saturated carbocycles. The van der Waals surface area contributed by atoms with Crippen LogP contribution in [0.3, 0.4) is 0 Å². The van der Waals surface area contributed by atoms with Crippen LogP contribution >= 0.6 is 0 Å². The van der Waals surface area contributed by atoms with E-state index in [0.717, 1.165) is 0 Å². The van der Waals surface area contributed by atoms with Crippen LogP contribution in [0.5, 0.6) is 0 Å². The van der Waals surface area contributed by atoms with Crippen LogP contribution in [0.15, 0.2) is 30.6 Å². The summed E-state index contributed by atoms with van der Waals surface area (Å²) in [6.07, 6.45) is 1.27. The maximum atomic E-state index is 11.9. The molecule has 100 valence electrons. The average molecular weight is 276 g/mol. The molecule has 0 atom stereocenters. The summed E-state index contributed by atoms with van der Waals surface area (Å²) in [5.74, 6) is -0.363. The van der Waals surface area contributed by atoms with Crippen molar-refractivity contribution in [2.75, 3.05) is 5.32 Å². The van der Waals surface area contributed by atoms with E-state index >= 15 is 0 Å². The fourth-order valence-electron chi connectivity index (χ4n) is 1.68. The summed E-state index contributed by atoms with van der Waals surface area (Å²) in [7, 11) is 0. The molecule has 0 spiro atoms. The molecule has 1 aromatic carbocycles. The van der Waals surface area contributed by atoms with Crippen molar-refractivity contribution >= 4 is 11.6 Å². The molecule has 0 saturated heterocycles. The lowest BCUT2D eigenvalue weighted by Crippen LogP contribution is -2.19. The molecule has 2 rings (SSSR count). The molecule has 1 amide bonds. The molecule has 0 bridgehead atoms. The minimum atomic E-state index is -0.363. The van der Waals surface area contributed by atoms with Crippen molar-refractivity contribution in [3.05, 3.63) is 47.5 Å². The standard InChI is InChI=1S/C14H8N6O/c15-5-10-1-3-11(4-2-10)19-14(21)8-20-9-18-12(6-16)13(20)7-17/h1-4,9H,8H2,(H,19,21). The first kappa shape index (κ1) is 13.8. The molecule has 0 aliphatic rings. The maximum Gasteiger partial charge on any atom is 0.244 e. The number of nitrogens with zero attached hydrogens (tertiary/aromatic N) is 5. The van der Waals surface area contributed by atoms with E-state index in [9.17, 15) is 4.79 Å². The van der Waals surface area contributed by atoms with Gasteiger partial charge in [-0.2, -0.15) is 15.8 Å². The van der Waals surface area contributed by atoms with Crippen LogP contribution in [-0.4, -0.2) is 15.5 Å². The van der Waals surface area contributed by atoms with Gasteiger partial charge in [0.2, 0.25) is 5.91 Å². The van der Waals surface area contributed by atoms with Crippen molar-refractivity contribution < 1.29 is 4.79 Å². The molecular formula is C14H8N6O. The molecule has 0 aliphatic heterocycles. The number of benzene rings is 1. The Morgan fingerprint density at radius 1 is 1.14 bits per heavy atom. The summed E-state index contributed by atoms with van der Waals surface area (Å²) in [4.78, 5) is 15.6. The number of aromatic nitrogens is 2. The number of hydrogen-bond donors (Lipinski definition) is 1. The van der Waals surface area contributed by atoms with Gasteiger partial charge in [-0.15, -0.1) is 0 Å². The fraction of sp³-hybridized carbons (Fsp3) is 0.0714. The molecule has 1 heterocycles. The van der Waals surface area contributed by atoms with Gasteiger partial charge in [-0.05, 0) is 24.3 Å². The zero-order valence-corrected chi connectivity index (χ0v) is 10.7. The van der Waals surface area contributed by atoms with Crippen LogP contribution in [0.1, 0.15) is 17.0 Å². The van der Waals surface area contributed by atoms with E-state index in [1.54, 1.807) is 30.3 Å². The van der Waals surface area contributed by atoms with Gasteiger partial charge in [0.15, 0.2) is 11.4 Å². The highest BCUT2D eigenvalue weighted by atomic mass is 16.1. The lowest BCUT2D eigenvalue weighted by atomic mass is 10.2. The lowest BCUT2D eigenvalue weighted by molar-refractivity contribution is -0.116. The fourth-order valence-corrected chi connectivity index (χ4v) is 1.68. The Morgan fingerprint density at radius 3 is 2.43 bits per heavy atom. The zero-order chi connectivity index (χ0) is 15.2. The third kappa shape index (κ3) is 3.04. The molecule has 0 radical (unpaired) electrons. The van der Waals surface area contributed by atoms with E-state index in [0.29, 0.717) is 11.3 Å². The van der Waals surface area contributed by atoms with E-state index in [-0.39, 0.29) is 23.8 Å². The Kier molecular flexibility index (Phi) is 3.95. The van der Waals surface area contributed by atoms with Crippen LogP contribution in [0, 0.1) is 34.0 Å². The summed E-state index contributed by atoms with van der Waals surface area (Å²) >= 11 is 0. The van der Waals surface area contributed by atoms with E-state index in [2.05, 4.69) is 10.3 Å². The second-order valence-electron chi connectivity index (χ2n) is 4.03. The first-order valence-electron chi connectivity index (χ1n) is 5.83. The van der Waals surface area contributed by atoms with Gasteiger partial charge in [-0.1, -0.05) is 0 Å². The van der Waals surface area contributed by atoms with Gasteiger partial charge < -0.3 is 9.88 Å². The number of nitrogens with one attached hydrogen (secondary N) is 1. The number of imidazole rings is 1. The molecule has 7 nitrogen and oxygen atoms in total. The Morgan fingerprint density at radius 2 is 1.86 bits per heavy atom. The first-order valence-corrected chi connectivity index (χ1v) is 5.83. The van der Waals surface area contributed by atoms with E-state index in [1.807, 2.05) is 12.1 Å². The number of hydrogen-bond acceptors (Lipinski definition) is 5. The SMILES string of the molecule is N#Cc1ccc(NC(=O)Cn2cnc(C#N)c2C#N)cc1. The van der Waals surface area contributed by atoms with Gasteiger partial charge in [0.05, 0.1) is 18.0 Å². The highest BCUT2D eigenvalue weighted by molar-refractivity contribution is 5.90. The number of rotatable bonds is 3. The van der Waals surface area contributed by atoms with Gasteiger partial charge in [0.25, 0.3) is 0 Å². The first-order chi connectivity index (χ1) is 10.2. The van der Waals surface area contributed by atoms with Crippen LogP contribution < -0.4 is 5.32 Å². The highest BCUT2D eigenvalue weighted by Crippen LogP contribution is 2.10. The summed E-state index contributed by atoms with van der Waals surface area (Å²) in [6.45, 7) is -0.127. The minimum Gasteiger partial charge on any atom is -0.325 e. The molecule has 0 unspecified atom stereocenters. The van der Waals surface area contributed by atoms with Crippen molar-refractivity contribution in [2.24, 2.45) is 0 Å². The molecule has 21 heavy (non-hydrogen) atoms. The van der Waals surface area contributed by atoms with E-state index in [1.165, 1.54) is 10.9 Å². The summed E-state index contributed by atoms with van der Waals surface area (Å²) in [6, 6.07) is 12.0. The van der Waals surface area contributed by atoms with E-state index in [4.69, 9.17) is 15.8 Å². The van der Waals surface area contributed by atoms with Crippen molar-refractivity contribution in [3.8, 4) is 18.2 Å². The van der Waals surface area contributed by atoms with Crippen molar-refractivity contribution in [2.45, 2.75) is 6.54 Å². The molecule has 0 aliphatic carbocycles. The van der Waals surface area contributed by atoms with Crippen molar-refractivity contribution in [1.29, 1.82) is 15.8 Å². The predicted octanol–water partition coefficient (Wildman–Crippen LogP) is 1.14. The van der Waals surface area contributed by atoms with Crippen molar-refractivity contribution in [3.63, 3.8) is 0 Å². The number of amides is 1. The number of carbonyl (C=O) groups excluding carboxylic acids is 1. The van der Waals surface area contributed by atoms with Crippen LogP contribution in [-0.2, 0) is 11.3 Å². The summed E-state index contributed by atoms with van der Waals surface area (Å²) in [5.41, 5.74) is 1.07. The molecule has 0 fully saturated rings. The number of anilines is 1. The molecular weight excluding hydrogens is 268 g/mol. The van der Waals surface area contributed by atoms with Gasteiger partial charge in [0.1, 0.15) is 18.7 Å². The van der Waals surface area contributed by atoms with Gasteiger partial charge in [-0.3, -0.25) is 4.79 Å². The molecule has 7 heteroatoms. The molecule has 1 aromatic heterocycles.